The minimum Gasteiger partial charge on any atom is -0.379 e. The molecular weight excluding hydrogens is 190 g/mol. The van der Waals surface area contributed by atoms with E-state index < -0.39 is 0 Å². The number of nitrogens with zero attached hydrogens (tertiary/aromatic N) is 2. The molecule has 2 N–H and O–H groups in total. The maximum Gasteiger partial charge on any atom is 0.0820 e. The molecule has 0 radical (unpaired) electrons. The number of likely N-dealkylation sites (N-methyl/N-ethyl adjacent to an activating group) is 1. The van der Waals surface area contributed by atoms with Crippen molar-refractivity contribution in [3.8, 4) is 0 Å². The van der Waals surface area contributed by atoms with Crippen LogP contribution in [-0.2, 0) is 4.74 Å². The van der Waals surface area contributed by atoms with Crippen molar-refractivity contribution in [3.05, 3.63) is 0 Å². The normalized spacial score (nSPS) is 30.0. The fraction of sp³-hybridized carbons (Fsp3) is 1.00. The zero-order chi connectivity index (χ0) is 11.4. The molecule has 1 fully saturated rings. The highest BCUT2D eigenvalue weighted by molar-refractivity contribution is 4.87. The Labute approximate surface area is 93.4 Å². The van der Waals surface area contributed by atoms with Crippen LogP contribution >= 0.6 is 0 Å². The molecule has 3 unspecified atom stereocenters. The Balaban J connectivity index is 2.40. The van der Waals surface area contributed by atoms with E-state index in [-0.39, 0.29) is 6.10 Å². The first-order valence-corrected chi connectivity index (χ1v) is 5.70. The molecular formula is C11H25N3O. The van der Waals surface area contributed by atoms with Crippen LogP contribution in [0, 0.1) is 5.92 Å². The second-order valence-electron chi connectivity index (χ2n) is 4.82. The van der Waals surface area contributed by atoms with Gasteiger partial charge in [-0.25, -0.2) is 0 Å². The van der Waals surface area contributed by atoms with Gasteiger partial charge in [-0.2, -0.15) is 0 Å². The topological polar surface area (TPSA) is 41.7 Å². The second-order valence-corrected chi connectivity index (χ2v) is 4.82. The van der Waals surface area contributed by atoms with E-state index in [1.54, 1.807) is 7.11 Å². The summed E-state index contributed by atoms with van der Waals surface area (Å²) in [5, 5.41) is 0. The Morgan fingerprint density at radius 3 is 2.53 bits per heavy atom. The maximum absolute atomic E-state index is 5.63. The van der Waals surface area contributed by atoms with Crippen LogP contribution in [0.3, 0.4) is 0 Å². The fourth-order valence-electron chi connectivity index (χ4n) is 2.40. The molecule has 1 saturated heterocycles. The van der Waals surface area contributed by atoms with Crippen molar-refractivity contribution in [2.45, 2.75) is 19.1 Å². The summed E-state index contributed by atoms with van der Waals surface area (Å²) in [5.41, 5.74) is 5.63. The number of rotatable bonds is 5. The van der Waals surface area contributed by atoms with Crippen LogP contribution in [-0.4, -0.2) is 69.3 Å². The zero-order valence-electron chi connectivity index (χ0n) is 10.4. The average molecular weight is 215 g/mol. The van der Waals surface area contributed by atoms with Gasteiger partial charge in [0.05, 0.1) is 6.10 Å². The van der Waals surface area contributed by atoms with Crippen molar-refractivity contribution < 1.29 is 4.74 Å². The van der Waals surface area contributed by atoms with Crippen LogP contribution in [0.2, 0.25) is 0 Å². The third-order valence-corrected chi connectivity index (χ3v) is 3.37. The summed E-state index contributed by atoms with van der Waals surface area (Å²) >= 11 is 0. The Bertz CT molecular complexity index is 181. The summed E-state index contributed by atoms with van der Waals surface area (Å²) in [6.07, 6.45) is 0.179. The minimum absolute atomic E-state index is 0.179. The Kier molecular flexibility index (Phi) is 4.99. The van der Waals surface area contributed by atoms with Gasteiger partial charge in [0.2, 0.25) is 0 Å². The standard InChI is InChI=1S/C11H25N3O/c1-9-6-14(7-10(5-12)15-4)8-11(9)13(2)3/h9-11H,5-8,12H2,1-4H3. The van der Waals surface area contributed by atoms with E-state index in [0.29, 0.717) is 12.6 Å². The number of likely N-dealkylation sites (tertiary alicyclic amines) is 1. The largest absolute Gasteiger partial charge is 0.379 e. The predicted octanol–water partition coefficient (Wildman–Crippen LogP) is -0.158. The summed E-state index contributed by atoms with van der Waals surface area (Å²) in [6.45, 7) is 6.17. The first-order chi connectivity index (χ1) is 7.08. The molecule has 0 amide bonds. The van der Waals surface area contributed by atoms with Crippen LogP contribution < -0.4 is 5.73 Å². The number of hydrogen-bond donors (Lipinski definition) is 1. The van der Waals surface area contributed by atoms with E-state index in [0.717, 1.165) is 25.6 Å². The van der Waals surface area contributed by atoms with Gasteiger partial charge < -0.3 is 15.4 Å². The van der Waals surface area contributed by atoms with E-state index in [2.05, 4.69) is 30.8 Å². The number of methoxy groups -OCH3 is 1. The first kappa shape index (κ1) is 12.9. The van der Waals surface area contributed by atoms with Gasteiger partial charge in [0.15, 0.2) is 0 Å². The number of hydrogen-bond acceptors (Lipinski definition) is 4. The minimum atomic E-state index is 0.179. The zero-order valence-corrected chi connectivity index (χ0v) is 10.4. The van der Waals surface area contributed by atoms with Crippen LogP contribution in [0.4, 0.5) is 0 Å². The molecule has 0 aromatic heterocycles. The Morgan fingerprint density at radius 2 is 2.13 bits per heavy atom. The lowest BCUT2D eigenvalue weighted by Gasteiger charge is -2.24. The highest BCUT2D eigenvalue weighted by Gasteiger charge is 2.31. The van der Waals surface area contributed by atoms with Gasteiger partial charge in [0.1, 0.15) is 0 Å². The second kappa shape index (κ2) is 5.80. The summed E-state index contributed by atoms with van der Waals surface area (Å²) in [4.78, 5) is 4.77. The van der Waals surface area contributed by atoms with Crippen molar-refractivity contribution in [1.82, 2.24) is 9.80 Å². The van der Waals surface area contributed by atoms with Crippen LogP contribution in [0.5, 0.6) is 0 Å². The van der Waals surface area contributed by atoms with Crippen molar-refractivity contribution in [2.75, 3.05) is 47.4 Å². The smallest absolute Gasteiger partial charge is 0.0820 e. The van der Waals surface area contributed by atoms with Gasteiger partial charge in [0, 0.05) is 39.3 Å². The molecule has 0 bridgehead atoms. The molecule has 4 heteroatoms. The lowest BCUT2D eigenvalue weighted by atomic mass is 10.1. The van der Waals surface area contributed by atoms with Gasteiger partial charge in [-0.1, -0.05) is 6.92 Å². The van der Waals surface area contributed by atoms with E-state index in [1.165, 1.54) is 0 Å². The van der Waals surface area contributed by atoms with Crippen LogP contribution in [0.25, 0.3) is 0 Å². The summed E-state index contributed by atoms with van der Waals surface area (Å²) in [7, 11) is 6.04. The molecule has 90 valence electrons. The molecule has 0 saturated carbocycles. The third-order valence-electron chi connectivity index (χ3n) is 3.37. The molecule has 0 aliphatic carbocycles. The fourth-order valence-corrected chi connectivity index (χ4v) is 2.40. The van der Waals surface area contributed by atoms with E-state index in [9.17, 15) is 0 Å². The monoisotopic (exact) mass is 215 g/mol. The van der Waals surface area contributed by atoms with E-state index in [4.69, 9.17) is 10.5 Å². The average Bonchev–Trinajstić information content (AvgIpc) is 2.56. The summed E-state index contributed by atoms with van der Waals surface area (Å²) in [6, 6.07) is 0.667. The van der Waals surface area contributed by atoms with E-state index in [1.807, 2.05) is 0 Å². The van der Waals surface area contributed by atoms with Gasteiger partial charge >= 0.3 is 0 Å². The van der Waals surface area contributed by atoms with Crippen LogP contribution in [0.1, 0.15) is 6.92 Å². The Morgan fingerprint density at radius 1 is 1.47 bits per heavy atom. The highest BCUT2D eigenvalue weighted by atomic mass is 16.5. The molecule has 1 heterocycles. The molecule has 4 nitrogen and oxygen atoms in total. The molecule has 15 heavy (non-hydrogen) atoms. The van der Waals surface area contributed by atoms with Crippen molar-refractivity contribution in [1.29, 1.82) is 0 Å². The summed E-state index contributed by atoms with van der Waals surface area (Å²) in [5.74, 6) is 0.732. The third kappa shape index (κ3) is 3.41. The van der Waals surface area contributed by atoms with Crippen molar-refractivity contribution in [3.63, 3.8) is 0 Å². The molecule has 3 atom stereocenters. The Hall–Kier alpha value is -0.160. The lowest BCUT2D eigenvalue weighted by Crippen LogP contribution is -2.38. The number of ether oxygens (including phenoxy) is 1. The predicted molar refractivity (Wildman–Crippen MR) is 62.9 cm³/mol. The number of nitrogens with two attached hydrogens (primary N) is 1. The molecule has 1 rings (SSSR count). The molecule has 0 spiro atoms. The van der Waals surface area contributed by atoms with Gasteiger partial charge in [0.25, 0.3) is 0 Å². The van der Waals surface area contributed by atoms with Gasteiger partial charge in [-0.05, 0) is 20.0 Å². The van der Waals surface area contributed by atoms with E-state index >= 15 is 0 Å². The molecule has 1 aliphatic heterocycles. The van der Waals surface area contributed by atoms with Gasteiger partial charge in [-0.15, -0.1) is 0 Å². The SMILES string of the molecule is COC(CN)CN1CC(C)C(N(C)C)C1. The molecule has 0 aromatic carbocycles. The highest BCUT2D eigenvalue weighted by Crippen LogP contribution is 2.20. The quantitative estimate of drug-likeness (QED) is 0.692. The van der Waals surface area contributed by atoms with Crippen molar-refractivity contribution in [2.24, 2.45) is 11.7 Å². The summed E-state index contributed by atoms with van der Waals surface area (Å²) < 4.78 is 5.31. The maximum atomic E-state index is 5.63. The van der Waals surface area contributed by atoms with Gasteiger partial charge in [-0.3, -0.25) is 4.90 Å². The first-order valence-electron chi connectivity index (χ1n) is 5.70. The van der Waals surface area contributed by atoms with Crippen LogP contribution in [0.15, 0.2) is 0 Å². The van der Waals surface area contributed by atoms with Crippen molar-refractivity contribution >= 4 is 0 Å². The molecule has 0 aromatic rings. The molecule has 1 aliphatic rings. The lowest BCUT2D eigenvalue weighted by molar-refractivity contribution is 0.0753.